The topological polar surface area (TPSA) is 64.4 Å². The van der Waals surface area contributed by atoms with E-state index in [1.165, 1.54) is 0 Å². The van der Waals surface area contributed by atoms with Crippen molar-refractivity contribution in [1.29, 1.82) is 0 Å². The quantitative estimate of drug-likeness (QED) is 0.812. The van der Waals surface area contributed by atoms with Gasteiger partial charge in [-0.2, -0.15) is 0 Å². The highest BCUT2D eigenvalue weighted by atomic mass is 16.5. The van der Waals surface area contributed by atoms with Crippen LogP contribution in [0.5, 0.6) is 0 Å². The molecule has 1 amide bonds. The van der Waals surface area contributed by atoms with Crippen LogP contribution < -0.4 is 4.90 Å². The normalized spacial score (nSPS) is 19.9. The van der Waals surface area contributed by atoms with E-state index < -0.39 is 0 Å². The summed E-state index contributed by atoms with van der Waals surface area (Å²) in [6.07, 6.45) is 3.58. The molecule has 124 valence electrons. The second kappa shape index (κ2) is 6.11. The molecule has 6 heteroatoms. The predicted molar refractivity (Wildman–Crippen MR) is 88.3 cm³/mol. The number of fused-ring (bicyclic) bond motifs is 1. The van der Waals surface area contributed by atoms with Crippen LogP contribution >= 0.6 is 0 Å². The van der Waals surface area contributed by atoms with E-state index in [1.807, 2.05) is 41.1 Å². The summed E-state index contributed by atoms with van der Waals surface area (Å²) in [6.45, 7) is 1.89. The van der Waals surface area contributed by atoms with Crippen molar-refractivity contribution in [2.24, 2.45) is 5.92 Å². The Morgan fingerprint density at radius 3 is 2.83 bits per heavy atom. The number of ether oxygens (including phenoxy) is 1. The van der Waals surface area contributed by atoms with Crippen LogP contribution in [0.4, 0.5) is 5.95 Å². The zero-order valence-corrected chi connectivity index (χ0v) is 13.4. The van der Waals surface area contributed by atoms with Crippen LogP contribution in [0.3, 0.4) is 0 Å². The number of carbonyl (C=O) groups is 2. The monoisotopic (exact) mass is 325 g/mol. The highest BCUT2D eigenvalue weighted by Gasteiger charge is 2.31. The molecule has 1 aromatic heterocycles. The Bertz CT molecular complexity index is 769. The van der Waals surface area contributed by atoms with E-state index in [4.69, 9.17) is 4.74 Å². The molecular formula is C18H19N3O3. The number of imidazole rings is 1. The number of rotatable bonds is 3. The molecule has 1 saturated heterocycles. The molecule has 0 aliphatic carbocycles. The summed E-state index contributed by atoms with van der Waals surface area (Å²) in [5, 5.41) is 0. The second-order valence-corrected chi connectivity index (χ2v) is 6.34. The van der Waals surface area contributed by atoms with Crippen molar-refractivity contribution in [3.8, 4) is 11.3 Å². The molecule has 0 spiro atoms. The van der Waals surface area contributed by atoms with Crippen molar-refractivity contribution < 1.29 is 14.3 Å². The molecule has 1 fully saturated rings. The van der Waals surface area contributed by atoms with E-state index in [0.717, 1.165) is 24.2 Å². The van der Waals surface area contributed by atoms with Gasteiger partial charge in [0.1, 0.15) is 0 Å². The van der Waals surface area contributed by atoms with Gasteiger partial charge in [0.05, 0.1) is 18.7 Å². The van der Waals surface area contributed by atoms with Gasteiger partial charge in [0.25, 0.3) is 0 Å². The first-order valence-corrected chi connectivity index (χ1v) is 8.29. The molecule has 2 aromatic rings. The fraction of sp³-hybridized carbons (Fsp3) is 0.389. The maximum absolute atomic E-state index is 12.7. The Labute approximate surface area is 140 Å². The van der Waals surface area contributed by atoms with Crippen molar-refractivity contribution in [3.63, 3.8) is 0 Å². The maximum atomic E-state index is 12.7. The van der Waals surface area contributed by atoms with Gasteiger partial charge in [-0.1, -0.05) is 30.3 Å². The molecular weight excluding hydrogens is 306 g/mol. The molecule has 3 heterocycles. The van der Waals surface area contributed by atoms with Gasteiger partial charge >= 0.3 is 5.97 Å². The van der Waals surface area contributed by atoms with Gasteiger partial charge in [0.2, 0.25) is 11.9 Å². The molecule has 1 aromatic carbocycles. The van der Waals surface area contributed by atoms with Crippen LogP contribution in [0, 0.1) is 5.92 Å². The Balaban J connectivity index is 1.56. The number of cyclic esters (lactones) is 1. The van der Waals surface area contributed by atoms with Crippen molar-refractivity contribution in [2.75, 3.05) is 18.1 Å². The van der Waals surface area contributed by atoms with Crippen LogP contribution in [0.1, 0.15) is 19.3 Å². The third kappa shape index (κ3) is 2.79. The summed E-state index contributed by atoms with van der Waals surface area (Å²) < 4.78 is 7.00. The van der Waals surface area contributed by atoms with Gasteiger partial charge in [-0.25, -0.2) is 4.98 Å². The second-order valence-electron chi connectivity index (χ2n) is 6.34. The van der Waals surface area contributed by atoms with Crippen LogP contribution in [0.2, 0.25) is 0 Å². The lowest BCUT2D eigenvalue weighted by molar-refractivity contribution is -0.138. The Morgan fingerprint density at radius 1 is 1.25 bits per heavy atom. The van der Waals surface area contributed by atoms with E-state index in [2.05, 4.69) is 4.98 Å². The largest absolute Gasteiger partial charge is 0.465 e. The fourth-order valence-electron chi connectivity index (χ4n) is 3.32. The molecule has 0 N–H and O–H groups in total. The molecule has 0 radical (unpaired) electrons. The number of nitrogens with zero attached hydrogens (tertiary/aromatic N) is 3. The first-order chi connectivity index (χ1) is 11.7. The van der Waals surface area contributed by atoms with Crippen LogP contribution in [0.15, 0.2) is 36.5 Å². The lowest BCUT2D eigenvalue weighted by Crippen LogP contribution is -2.38. The fourth-order valence-corrected chi connectivity index (χ4v) is 3.32. The van der Waals surface area contributed by atoms with Crippen molar-refractivity contribution >= 4 is 17.8 Å². The molecule has 1 atom stereocenters. The molecule has 4 rings (SSSR count). The minimum atomic E-state index is -0.209. The lowest BCUT2D eigenvalue weighted by atomic mass is 10.0. The average Bonchev–Trinajstić information content (AvgIpc) is 3.21. The zero-order chi connectivity index (χ0) is 16.5. The summed E-state index contributed by atoms with van der Waals surface area (Å²) in [5.41, 5.74) is 1.92. The number of anilines is 1. The van der Waals surface area contributed by atoms with Crippen molar-refractivity contribution in [1.82, 2.24) is 9.55 Å². The average molecular weight is 325 g/mol. The number of hydrogen-bond acceptors (Lipinski definition) is 4. The van der Waals surface area contributed by atoms with Gasteiger partial charge in [0, 0.05) is 37.2 Å². The molecule has 2 aliphatic rings. The minimum absolute atomic E-state index is 0.0102. The van der Waals surface area contributed by atoms with E-state index in [1.54, 1.807) is 4.90 Å². The Morgan fingerprint density at radius 2 is 2.08 bits per heavy atom. The van der Waals surface area contributed by atoms with E-state index >= 15 is 0 Å². The van der Waals surface area contributed by atoms with Gasteiger partial charge in [-0.3, -0.25) is 14.5 Å². The zero-order valence-electron chi connectivity index (χ0n) is 13.4. The molecule has 24 heavy (non-hydrogen) atoms. The Kier molecular flexibility index (Phi) is 3.80. The third-order valence-electron chi connectivity index (χ3n) is 4.55. The molecule has 0 bridgehead atoms. The highest BCUT2D eigenvalue weighted by molar-refractivity contribution is 5.93. The van der Waals surface area contributed by atoms with Crippen LogP contribution in [0.25, 0.3) is 11.3 Å². The standard InChI is InChI=1S/C18H19N3O3/c22-16(9-13-10-17(23)24-12-13)21-8-4-7-20-11-15(19-18(20)21)14-5-2-1-3-6-14/h1-3,5-6,11,13H,4,7-10,12H2. The smallest absolute Gasteiger partial charge is 0.306 e. The number of amides is 1. The number of benzene rings is 1. The third-order valence-corrected chi connectivity index (χ3v) is 4.55. The highest BCUT2D eigenvalue weighted by Crippen LogP contribution is 2.28. The van der Waals surface area contributed by atoms with Gasteiger partial charge in [-0.15, -0.1) is 0 Å². The number of aromatic nitrogens is 2. The van der Waals surface area contributed by atoms with Crippen LogP contribution in [-0.4, -0.2) is 34.6 Å². The van der Waals surface area contributed by atoms with E-state index in [9.17, 15) is 9.59 Å². The number of hydrogen-bond donors (Lipinski definition) is 0. The summed E-state index contributed by atoms with van der Waals surface area (Å²) in [7, 11) is 0. The first-order valence-electron chi connectivity index (χ1n) is 8.29. The maximum Gasteiger partial charge on any atom is 0.306 e. The molecule has 2 aliphatic heterocycles. The number of aryl methyl sites for hydroxylation is 1. The SMILES string of the molecule is O=C1CC(CC(=O)N2CCCn3cc(-c4ccccc4)nc32)CO1. The van der Waals surface area contributed by atoms with Crippen molar-refractivity contribution in [2.45, 2.75) is 25.8 Å². The summed E-state index contributed by atoms with van der Waals surface area (Å²) in [5.74, 6) is 0.503. The number of esters is 1. The lowest BCUT2D eigenvalue weighted by Gasteiger charge is -2.27. The first kappa shape index (κ1) is 14.9. The van der Waals surface area contributed by atoms with Gasteiger partial charge in [-0.05, 0) is 6.42 Å². The summed E-state index contributed by atoms with van der Waals surface area (Å²) in [4.78, 5) is 30.3. The number of carbonyl (C=O) groups excluding carboxylic acids is 2. The minimum Gasteiger partial charge on any atom is -0.465 e. The summed E-state index contributed by atoms with van der Waals surface area (Å²) in [6, 6.07) is 9.96. The molecule has 6 nitrogen and oxygen atoms in total. The van der Waals surface area contributed by atoms with Crippen molar-refractivity contribution in [3.05, 3.63) is 36.5 Å². The van der Waals surface area contributed by atoms with Gasteiger partial charge in [0.15, 0.2) is 0 Å². The summed E-state index contributed by atoms with van der Waals surface area (Å²) >= 11 is 0. The predicted octanol–water partition coefficient (Wildman–Crippen LogP) is 2.24. The van der Waals surface area contributed by atoms with E-state index in [-0.39, 0.29) is 17.8 Å². The molecule has 1 unspecified atom stereocenters. The van der Waals surface area contributed by atoms with Gasteiger partial charge < -0.3 is 9.30 Å². The van der Waals surface area contributed by atoms with E-state index in [0.29, 0.717) is 31.9 Å². The van der Waals surface area contributed by atoms with Crippen LogP contribution in [-0.2, 0) is 20.9 Å². The molecule has 0 saturated carbocycles. The Hall–Kier alpha value is -2.63.